The van der Waals surface area contributed by atoms with E-state index in [1.54, 1.807) is 11.3 Å². The Labute approximate surface area is 83.9 Å². The van der Waals surface area contributed by atoms with Crippen LogP contribution in [0, 0.1) is 0 Å². The normalized spacial score (nSPS) is 8.69. The number of hydrogen-bond acceptors (Lipinski definition) is 1. The van der Waals surface area contributed by atoms with Gasteiger partial charge in [0.05, 0.1) is 0 Å². The van der Waals surface area contributed by atoms with Crippen LogP contribution in [0.3, 0.4) is 0 Å². The van der Waals surface area contributed by atoms with Crippen LogP contribution in [-0.4, -0.2) is 0 Å². The summed E-state index contributed by atoms with van der Waals surface area (Å²) in [6.45, 7) is 2.16. The smallest absolute Gasteiger partial charge is 0.00934 e. The lowest BCUT2D eigenvalue weighted by atomic mass is 10.2. The van der Waals surface area contributed by atoms with Crippen molar-refractivity contribution in [2.75, 3.05) is 0 Å². The SMILES string of the molecule is CCc1ccccc1.c1ccsc1. The van der Waals surface area contributed by atoms with Crippen LogP contribution in [0.15, 0.2) is 53.2 Å². The maximum absolute atomic E-state index is 2.16. The molecule has 1 aromatic heterocycles. The average molecular weight is 190 g/mol. The molecule has 0 aliphatic rings. The molecule has 0 fully saturated rings. The zero-order valence-corrected chi connectivity index (χ0v) is 8.63. The van der Waals surface area contributed by atoms with Crippen molar-refractivity contribution in [3.05, 3.63) is 58.8 Å². The van der Waals surface area contributed by atoms with Gasteiger partial charge in [-0.25, -0.2) is 0 Å². The molecule has 0 unspecified atom stereocenters. The largest absolute Gasteiger partial charge is 0.152 e. The van der Waals surface area contributed by atoms with Crippen molar-refractivity contribution < 1.29 is 0 Å². The van der Waals surface area contributed by atoms with Crippen LogP contribution < -0.4 is 0 Å². The summed E-state index contributed by atoms with van der Waals surface area (Å²) in [4.78, 5) is 0. The zero-order valence-electron chi connectivity index (χ0n) is 7.81. The van der Waals surface area contributed by atoms with E-state index >= 15 is 0 Å². The Balaban J connectivity index is 0.000000145. The Bertz CT molecular complexity index is 267. The molecule has 13 heavy (non-hydrogen) atoms. The molecule has 2 aromatic rings. The second kappa shape index (κ2) is 6.44. The summed E-state index contributed by atoms with van der Waals surface area (Å²) in [7, 11) is 0. The van der Waals surface area contributed by atoms with Gasteiger partial charge in [0, 0.05) is 0 Å². The fourth-order valence-corrected chi connectivity index (χ4v) is 1.39. The van der Waals surface area contributed by atoms with E-state index in [0.717, 1.165) is 6.42 Å². The Hall–Kier alpha value is -1.08. The van der Waals surface area contributed by atoms with Crippen LogP contribution >= 0.6 is 11.3 Å². The summed E-state index contributed by atoms with van der Waals surface area (Å²) in [5, 5.41) is 4.08. The summed E-state index contributed by atoms with van der Waals surface area (Å²) in [6, 6.07) is 14.5. The molecular weight excluding hydrogens is 176 g/mol. The summed E-state index contributed by atoms with van der Waals surface area (Å²) < 4.78 is 0. The summed E-state index contributed by atoms with van der Waals surface area (Å²) in [5.74, 6) is 0. The van der Waals surface area contributed by atoms with Gasteiger partial charge in [0.25, 0.3) is 0 Å². The molecule has 0 bridgehead atoms. The van der Waals surface area contributed by atoms with Gasteiger partial charge in [-0.1, -0.05) is 49.4 Å². The summed E-state index contributed by atoms with van der Waals surface area (Å²) >= 11 is 1.71. The minimum atomic E-state index is 1.14. The standard InChI is InChI=1S/C8H10.C4H4S/c1-2-8-6-4-3-5-7-8;1-2-4-5-3-1/h3-7H,2H2,1H3;1-4H. The second-order valence-electron chi connectivity index (χ2n) is 2.63. The van der Waals surface area contributed by atoms with E-state index in [1.165, 1.54) is 5.56 Å². The number of hydrogen-bond donors (Lipinski definition) is 0. The van der Waals surface area contributed by atoms with Gasteiger partial charge < -0.3 is 0 Å². The Morgan fingerprint density at radius 1 is 0.923 bits per heavy atom. The number of benzene rings is 1. The molecule has 0 nitrogen and oxygen atoms in total. The third-order valence-corrected chi connectivity index (χ3v) is 2.30. The van der Waals surface area contributed by atoms with Crippen molar-refractivity contribution in [3.63, 3.8) is 0 Å². The lowest BCUT2D eigenvalue weighted by molar-refractivity contribution is 1.14. The lowest BCUT2D eigenvalue weighted by Crippen LogP contribution is -1.73. The van der Waals surface area contributed by atoms with Crippen molar-refractivity contribution in [3.8, 4) is 0 Å². The topological polar surface area (TPSA) is 0 Å². The van der Waals surface area contributed by atoms with E-state index in [1.807, 2.05) is 29.0 Å². The quantitative estimate of drug-likeness (QED) is 0.637. The molecule has 0 aliphatic heterocycles. The van der Waals surface area contributed by atoms with Gasteiger partial charge in [0.15, 0.2) is 0 Å². The van der Waals surface area contributed by atoms with E-state index in [2.05, 4.69) is 31.2 Å². The summed E-state index contributed by atoms with van der Waals surface area (Å²) in [6.07, 6.45) is 1.14. The predicted molar refractivity (Wildman–Crippen MR) is 60.1 cm³/mol. The Kier molecular flexibility index (Phi) is 4.95. The van der Waals surface area contributed by atoms with Gasteiger partial charge in [-0.3, -0.25) is 0 Å². The maximum Gasteiger partial charge on any atom is -0.00934 e. The Morgan fingerprint density at radius 2 is 1.54 bits per heavy atom. The molecule has 68 valence electrons. The molecule has 0 radical (unpaired) electrons. The minimum absolute atomic E-state index is 1.14. The zero-order chi connectivity index (χ0) is 9.36. The molecular formula is C12H14S. The van der Waals surface area contributed by atoms with E-state index in [0.29, 0.717) is 0 Å². The molecule has 0 atom stereocenters. The van der Waals surface area contributed by atoms with Gasteiger partial charge in [0.1, 0.15) is 0 Å². The van der Waals surface area contributed by atoms with Crippen LogP contribution in [0.1, 0.15) is 12.5 Å². The highest BCUT2D eigenvalue weighted by Gasteiger charge is 1.79. The highest BCUT2D eigenvalue weighted by atomic mass is 32.1. The van der Waals surface area contributed by atoms with E-state index < -0.39 is 0 Å². The first kappa shape index (κ1) is 10.0. The van der Waals surface area contributed by atoms with Crippen LogP contribution in [0.2, 0.25) is 0 Å². The molecule has 1 heteroatoms. The van der Waals surface area contributed by atoms with Gasteiger partial charge in [0.2, 0.25) is 0 Å². The first-order chi connectivity index (χ1) is 6.43. The van der Waals surface area contributed by atoms with Gasteiger partial charge in [-0.15, -0.1) is 0 Å². The predicted octanol–water partition coefficient (Wildman–Crippen LogP) is 4.00. The minimum Gasteiger partial charge on any atom is -0.152 e. The lowest BCUT2D eigenvalue weighted by Gasteiger charge is -1.89. The third kappa shape index (κ3) is 4.48. The third-order valence-electron chi connectivity index (χ3n) is 1.68. The molecule has 0 N–H and O–H groups in total. The van der Waals surface area contributed by atoms with Crippen LogP contribution in [0.5, 0.6) is 0 Å². The van der Waals surface area contributed by atoms with Crippen LogP contribution in [0.25, 0.3) is 0 Å². The highest BCUT2D eigenvalue weighted by molar-refractivity contribution is 7.07. The fraction of sp³-hybridized carbons (Fsp3) is 0.167. The van der Waals surface area contributed by atoms with E-state index in [9.17, 15) is 0 Å². The number of thiophene rings is 1. The van der Waals surface area contributed by atoms with Gasteiger partial charge in [-0.2, -0.15) is 11.3 Å². The fourth-order valence-electron chi connectivity index (χ4n) is 0.941. The molecule has 0 saturated carbocycles. The monoisotopic (exact) mass is 190 g/mol. The average Bonchev–Trinajstić information content (AvgIpc) is 2.77. The molecule has 1 aromatic carbocycles. The van der Waals surface area contributed by atoms with Crippen LogP contribution in [-0.2, 0) is 6.42 Å². The van der Waals surface area contributed by atoms with E-state index in [-0.39, 0.29) is 0 Å². The van der Waals surface area contributed by atoms with Crippen LogP contribution in [0.4, 0.5) is 0 Å². The van der Waals surface area contributed by atoms with Crippen molar-refractivity contribution in [1.29, 1.82) is 0 Å². The van der Waals surface area contributed by atoms with E-state index in [4.69, 9.17) is 0 Å². The first-order valence-electron chi connectivity index (χ1n) is 4.44. The first-order valence-corrected chi connectivity index (χ1v) is 5.39. The second-order valence-corrected chi connectivity index (χ2v) is 3.45. The van der Waals surface area contributed by atoms with Crippen molar-refractivity contribution in [1.82, 2.24) is 0 Å². The molecule has 0 amide bonds. The summed E-state index contributed by atoms with van der Waals surface area (Å²) in [5.41, 5.74) is 1.41. The molecule has 0 aliphatic carbocycles. The molecule has 2 rings (SSSR count). The molecule has 0 spiro atoms. The van der Waals surface area contributed by atoms with Gasteiger partial charge in [-0.05, 0) is 22.7 Å². The number of rotatable bonds is 1. The van der Waals surface area contributed by atoms with Crippen molar-refractivity contribution in [2.45, 2.75) is 13.3 Å². The maximum atomic E-state index is 2.16. The highest BCUT2D eigenvalue weighted by Crippen LogP contribution is 1.96. The molecule has 0 saturated heterocycles. The van der Waals surface area contributed by atoms with Crippen molar-refractivity contribution in [2.24, 2.45) is 0 Å². The Morgan fingerprint density at radius 3 is 1.85 bits per heavy atom. The number of aryl methyl sites for hydroxylation is 1. The van der Waals surface area contributed by atoms with Gasteiger partial charge >= 0.3 is 0 Å². The van der Waals surface area contributed by atoms with Crippen molar-refractivity contribution >= 4 is 11.3 Å². The molecule has 1 heterocycles.